The van der Waals surface area contributed by atoms with Crippen LogP contribution >= 0.6 is 15.9 Å². The molecule has 0 saturated carbocycles. The zero-order valence-corrected chi connectivity index (χ0v) is 13.2. The van der Waals surface area contributed by atoms with Gasteiger partial charge in [0.15, 0.2) is 0 Å². The smallest absolute Gasteiger partial charge is 0.475 e. The van der Waals surface area contributed by atoms with Gasteiger partial charge < -0.3 is 10.8 Å². The lowest BCUT2D eigenvalue weighted by molar-refractivity contribution is -0.385. The van der Waals surface area contributed by atoms with Crippen molar-refractivity contribution >= 4 is 27.6 Å². The Morgan fingerprint density at radius 3 is 2.18 bits per heavy atom. The number of hydrogen-bond donors (Lipinski definition) is 2. The topological polar surface area (TPSA) is 106 Å². The van der Waals surface area contributed by atoms with Crippen LogP contribution in [-0.2, 0) is 10.2 Å². The molecule has 0 aliphatic carbocycles. The SMILES string of the molecule is CC(C)(CN)c1cccc([N+](=O)[O-])c1Br.O=C(O)C(F)(F)F. The summed E-state index contributed by atoms with van der Waals surface area (Å²) in [7, 11) is 0. The molecule has 0 aliphatic rings. The molecule has 1 aromatic rings. The fourth-order valence-corrected chi connectivity index (χ4v) is 2.24. The first-order chi connectivity index (χ1) is 9.84. The Hall–Kier alpha value is -1.68. The molecule has 0 fully saturated rings. The highest BCUT2D eigenvalue weighted by molar-refractivity contribution is 9.10. The van der Waals surface area contributed by atoms with Gasteiger partial charge in [0.05, 0.1) is 9.40 Å². The number of rotatable bonds is 3. The average Bonchev–Trinajstić information content (AvgIpc) is 2.38. The first-order valence-corrected chi connectivity index (χ1v) is 6.57. The number of benzene rings is 1. The highest BCUT2D eigenvalue weighted by atomic mass is 79.9. The maximum absolute atomic E-state index is 10.7. The number of aliphatic carboxylic acids is 1. The second kappa shape index (κ2) is 7.54. The van der Waals surface area contributed by atoms with E-state index in [1.807, 2.05) is 19.9 Å². The molecule has 0 aromatic heterocycles. The molecular weight excluding hydrogens is 373 g/mol. The van der Waals surface area contributed by atoms with E-state index in [4.69, 9.17) is 15.6 Å². The van der Waals surface area contributed by atoms with Gasteiger partial charge in [0.25, 0.3) is 5.69 Å². The van der Waals surface area contributed by atoms with Gasteiger partial charge in [-0.25, -0.2) is 4.79 Å². The molecule has 0 aliphatic heterocycles. The fraction of sp³-hybridized carbons (Fsp3) is 0.417. The molecule has 0 bridgehead atoms. The monoisotopic (exact) mass is 386 g/mol. The van der Waals surface area contributed by atoms with E-state index in [1.165, 1.54) is 6.07 Å². The summed E-state index contributed by atoms with van der Waals surface area (Å²) >= 11 is 3.26. The summed E-state index contributed by atoms with van der Waals surface area (Å²) in [6, 6.07) is 5.00. The quantitative estimate of drug-likeness (QED) is 0.612. The highest BCUT2D eigenvalue weighted by Crippen LogP contribution is 2.35. The van der Waals surface area contributed by atoms with Crippen LogP contribution in [0.5, 0.6) is 0 Å². The van der Waals surface area contributed by atoms with E-state index in [0.29, 0.717) is 11.0 Å². The van der Waals surface area contributed by atoms with Crippen LogP contribution in [0.3, 0.4) is 0 Å². The van der Waals surface area contributed by atoms with Gasteiger partial charge in [-0.15, -0.1) is 0 Å². The number of carboxylic acid groups (broad SMARTS) is 1. The zero-order valence-electron chi connectivity index (χ0n) is 11.6. The van der Waals surface area contributed by atoms with E-state index in [0.717, 1.165) is 5.56 Å². The van der Waals surface area contributed by atoms with E-state index < -0.39 is 17.1 Å². The summed E-state index contributed by atoms with van der Waals surface area (Å²) < 4.78 is 32.3. The second-order valence-electron chi connectivity index (χ2n) is 4.79. The zero-order chi connectivity index (χ0) is 17.7. The number of nitro benzene ring substituents is 1. The number of carbonyl (C=O) groups is 1. The molecule has 0 unspecified atom stereocenters. The Morgan fingerprint density at radius 2 is 1.86 bits per heavy atom. The molecule has 0 atom stereocenters. The minimum Gasteiger partial charge on any atom is -0.475 e. The van der Waals surface area contributed by atoms with E-state index in [1.54, 1.807) is 6.07 Å². The lowest BCUT2D eigenvalue weighted by Crippen LogP contribution is -2.28. The van der Waals surface area contributed by atoms with Crippen molar-refractivity contribution in [2.24, 2.45) is 5.73 Å². The predicted molar refractivity (Wildman–Crippen MR) is 76.6 cm³/mol. The summed E-state index contributed by atoms with van der Waals surface area (Å²) in [4.78, 5) is 19.2. The van der Waals surface area contributed by atoms with Crippen LogP contribution in [0.25, 0.3) is 0 Å². The van der Waals surface area contributed by atoms with Crippen molar-refractivity contribution in [3.63, 3.8) is 0 Å². The molecule has 0 radical (unpaired) electrons. The summed E-state index contributed by atoms with van der Waals surface area (Å²) in [6.45, 7) is 4.35. The number of halogens is 4. The van der Waals surface area contributed by atoms with Crippen molar-refractivity contribution in [3.05, 3.63) is 38.3 Å². The third-order valence-corrected chi connectivity index (χ3v) is 3.49. The van der Waals surface area contributed by atoms with Gasteiger partial charge in [-0.2, -0.15) is 13.2 Å². The minimum atomic E-state index is -5.08. The number of carboxylic acids is 1. The van der Waals surface area contributed by atoms with Gasteiger partial charge in [0.2, 0.25) is 0 Å². The van der Waals surface area contributed by atoms with Crippen LogP contribution in [0.4, 0.5) is 18.9 Å². The number of alkyl halides is 3. The fourth-order valence-electron chi connectivity index (χ4n) is 1.29. The van der Waals surface area contributed by atoms with Crippen LogP contribution in [0, 0.1) is 10.1 Å². The first-order valence-electron chi connectivity index (χ1n) is 5.78. The minimum absolute atomic E-state index is 0.0778. The number of nitrogens with two attached hydrogens (primary N) is 1. The predicted octanol–water partition coefficient (Wildman–Crippen LogP) is 3.23. The highest BCUT2D eigenvalue weighted by Gasteiger charge is 2.38. The Labute approximate surface area is 132 Å². The largest absolute Gasteiger partial charge is 0.490 e. The molecule has 22 heavy (non-hydrogen) atoms. The third kappa shape index (κ3) is 5.60. The Bertz CT molecular complexity index is 562. The Morgan fingerprint density at radius 1 is 1.41 bits per heavy atom. The molecule has 3 N–H and O–H groups in total. The van der Waals surface area contributed by atoms with E-state index in [9.17, 15) is 23.3 Å². The van der Waals surface area contributed by atoms with Crippen molar-refractivity contribution in [2.45, 2.75) is 25.4 Å². The van der Waals surface area contributed by atoms with E-state index in [2.05, 4.69) is 15.9 Å². The molecule has 0 heterocycles. The lowest BCUT2D eigenvalue weighted by atomic mass is 9.85. The van der Waals surface area contributed by atoms with Crippen LogP contribution in [0.15, 0.2) is 22.7 Å². The van der Waals surface area contributed by atoms with Crippen molar-refractivity contribution in [2.75, 3.05) is 6.54 Å². The number of nitrogens with zero attached hydrogens (tertiary/aromatic N) is 1. The molecule has 6 nitrogen and oxygen atoms in total. The molecule has 1 aromatic carbocycles. The molecule has 10 heteroatoms. The number of hydrogen-bond acceptors (Lipinski definition) is 4. The maximum atomic E-state index is 10.7. The second-order valence-corrected chi connectivity index (χ2v) is 5.58. The maximum Gasteiger partial charge on any atom is 0.490 e. The van der Waals surface area contributed by atoms with Crippen LogP contribution in [0.2, 0.25) is 0 Å². The van der Waals surface area contributed by atoms with Gasteiger partial charge in [-0.3, -0.25) is 10.1 Å². The van der Waals surface area contributed by atoms with Crippen LogP contribution in [-0.4, -0.2) is 28.7 Å². The van der Waals surface area contributed by atoms with Gasteiger partial charge in [0, 0.05) is 18.0 Å². The molecule has 0 spiro atoms. The van der Waals surface area contributed by atoms with E-state index >= 15 is 0 Å². The van der Waals surface area contributed by atoms with Gasteiger partial charge >= 0.3 is 12.1 Å². The number of nitro groups is 1. The molecular formula is C12H14BrF3N2O4. The van der Waals surface area contributed by atoms with Crippen molar-refractivity contribution in [1.82, 2.24) is 0 Å². The third-order valence-electron chi connectivity index (χ3n) is 2.66. The molecule has 1 rings (SSSR count). The van der Waals surface area contributed by atoms with Gasteiger partial charge in [0.1, 0.15) is 0 Å². The molecule has 0 amide bonds. The van der Waals surface area contributed by atoms with Crippen molar-refractivity contribution in [1.29, 1.82) is 0 Å². The standard InChI is InChI=1S/C10H13BrN2O2.C2HF3O2/c1-10(2,6-12)7-4-3-5-8(9(7)11)13(14)15;3-2(4,5)1(6)7/h3-5H,6,12H2,1-2H3;(H,6,7). The molecule has 124 valence electrons. The van der Waals surface area contributed by atoms with Crippen molar-refractivity contribution in [3.8, 4) is 0 Å². The van der Waals surface area contributed by atoms with Crippen molar-refractivity contribution < 1.29 is 28.0 Å². The normalized spacial score (nSPS) is 11.4. The Kier molecular flexibility index (Phi) is 6.97. The summed E-state index contributed by atoms with van der Waals surface area (Å²) in [5, 5.41) is 17.9. The van der Waals surface area contributed by atoms with Gasteiger partial charge in [-0.05, 0) is 21.5 Å². The molecule has 0 saturated heterocycles. The Balaban J connectivity index is 0.000000534. The summed E-state index contributed by atoms with van der Waals surface area (Å²) in [6.07, 6.45) is -5.08. The summed E-state index contributed by atoms with van der Waals surface area (Å²) in [5.41, 5.74) is 6.31. The van der Waals surface area contributed by atoms with Crippen LogP contribution < -0.4 is 5.73 Å². The average molecular weight is 387 g/mol. The lowest BCUT2D eigenvalue weighted by Gasteiger charge is -2.24. The van der Waals surface area contributed by atoms with Gasteiger partial charge in [-0.1, -0.05) is 26.0 Å². The first kappa shape index (κ1) is 20.3. The van der Waals surface area contributed by atoms with Crippen LogP contribution in [0.1, 0.15) is 19.4 Å². The van der Waals surface area contributed by atoms with E-state index in [-0.39, 0.29) is 11.1 Å². The summed E-state index contributed by atoms with van der Waals surface area (Å²) in [5.74, 6) is -2.76.